The van der Waals surface area contributed by atoms with Crippen LogP contribution in [0.25, 0.3) is 0 Å². The Hall–Kier alpha value is -1.84. The van der Waals surface area contributed by atoms with E-state index in [1.54, 1.807) is 12.1 Å². The van der Waals surface area contributed by atoms with Crippen molar-refractivity contribution in [1.82, 2.24) is 0 Å². The second kappa shape index (κ2) is 6.51. The van der Waals surface area contributed by atoms with E-state index in [1.807, 2.05) is 12.1 Å². The van der Waals surface area contributed by atoms with Gasteiger partial charge in [-0.25, -0.2) is 0 Å². The van der Waals surface area contributed by atoms with Gasteiger partial charge in [0.15, 0.2) is 6.61 Å². The van der Waals surface area contributed by atoms with E-state index in [0.29, 0.717) is 16.3 Å². The number of thiophene rings is 1. The molecule has 1 N–H and O–H groups in total. The molecule has 0 radical (unpaired) electrons. The lowest BCUT2D eigenvalue weighted by molar-refractivity contribution is -0.118. The topological polar surface area (TPSA) is 62.1 Å². The summed E-state index contributed by atoms with van der Waals surface area (Å²) in [5.74, 6) is 0.370. The predicted molar refractivity (Wildman–Crippen MR) is 89.3 cm³/mol. The smallest absolute Gasteiger partial charge is 0.262 e. The number of hydrogen-bond donors (Lipinski definition) is 1. The third-order valence-corrected chi connectivity index (χ3v) is 5.15. The van der Waals surface area contributed by atoms with Crippen LogP contribution in [0.15, 0.2) is 28.7 Å². The summed E-state index contributed by atoms with van der Waals surface area (Å²) in [6, 6.07) is 9.53. The number of amides is 1. The lowest BCUT2D eigenvalue weighted by Gasteiger charge is -2.07. The first-order valence-corrected chi connectivity index (χ1v) is 8.51. The molecule has 0 fully saturated rings. The monoisotopic (exact) mass is 376 g/mol. The molecular weight excluding hydrogens is 364 g/mol. The van der Waals surface area contributed by atoms with Crippen molar-refractivity contribution in [3.05, 3.63) is 44.7 Å². The highest BCUT2D eigenvalue weighted by molar-refractivity contribution is 9.10. The van der Waals surface area contributed by atoms with Crippen molar-refractivity contribution in [3.63, 3.8) is 0 Å². The Morgan fingerprint density at radius 3 is 3.09 bits per heavy atom. The van der Waals surface area contributed by atoms with Gasteiger partial charge in [0, 0.05) is 9.35 Å². The fourth-order valence-corrected chi connectivity index (χ4v) is 4.11. The van der Waals surface area contributed by atoms with Crippen molar-refractivity contribution in [3.8, 4) is 11.8 Å². The first-order chi connectivity index (χ1) is 10.7. The zero-order valence-corrected chi connectivity index (χ0v) is 14.1. The molecule has 0 aliphatic heterocycles. The number of fused-ring (bicyclic) bond motifs is 1. The van der Waals surface area contributed by atoms with E-state index >= 15 is 0 Å². The van der Waals surface area contributed by atoms with E-state index in [9.17, 15) is 10.1 Å². The molecule has 6 heteroatoms. The lowest BCUT2D eigenvalue weighted by atomic mass is 10.1. The first-order valence-electron chi connectivity index (χ1n) is 6.90. The zero-order valence-electron chi connectivity index (χ0n) is 11.7. The molecule has 0 spiro atoms. The minimum atomic E-state index is -0.253. The molecule has 1 amide bonds. The standard InChI is InChI=1S/C16H13BrN2O2S/c17-10-3-1-4-11(7-10)21-9-15(20)19-16-13(8-18)12-5-2-6-14(12)22-16/h1,3-4,7H,2,5-6,9H2,(H,19,20). The molecule has 2 aromatic rings. The summed E-state index contributed by atoms with van der Waals surface area (Å²) < 4.78 is 6.35. The van der Waals surface area contributed by atoms with E-state index in [0.717, 1.165) is 29.3 Å². The number of aryl methyl sites for hydroxylation is 1. The zero-order chi connectivity index (χ0) is 15.5. The van der Waals surface area contributed by atoms with E-state index in [2.05, 4.69) is 27.3 Å². The number of ether oxygens (including phenoxy) is 1. The summed E-state index contributed by atoms with van der Waals surface area (Å²) in [6.07, 6.45) is 3.02. The summed E-state index contributed by atoms with van der Waals surface area (Å²) in [7, 11) is 0. The SMILES string of the molecule is N#Cc1c(NC(=O)COc2cccc(Br)c2)sc2c1CCC2. The van der Waals surface area contributed by atoms with Crippen molar-refractivity contribution < 1.29 is 9.53 Å². The Labute approximate surface area is 140 Å². The van der Waals surface area contributed by atoms with Gasteiger partial charge in [0.1, 0.15) is 16.8 Å². The lowest BCUT2D eigenvalue weighted by Crippen LogP contribution is -2.20. The Morgan fingerprint density at radius 2 is 2.32 bits per heavy atom. The van der Waals surface area contributed by atoms with Gasteiger partial charge in [-0.05, 0) is 43.0 Å². The van der Waals surface area contributed by atoms with Crippen LogP contribution in [0, 0.1) is 11.3 Å². The summed E-state index contributed by atoms with van der Waals surface area (Å²) in [4.78, 5) is 13.2. The minimum Gasteiger partial charge on any atom is -0.484 e. The maximum atomic E-state index is 12.0. The van der Waals surface area contributed by atoms with Crippen molar-refractivity contribution >= 4 is 38.2 Å². The molecule has 1 aliphatic rings. The van der Waals surface area contributed by atoms with Crippen LogP contribution in [0.4, 0.5) is 5.00 Å². The van der Waals surface area contributed by atoms with E-state index in [4.69, 9.17) is 4.74 Å². The van der Waals surface area contributed by atoms with Gasteiger partial charge in [-0.1, -0.05) is 22.0 Å². The van der Waals surface area contributed by atoms with Gasteiger partial charge >= 0.3 is 0 Å². The van der Waals surface area contributed by atoms with Crippen LogP contribution in [0.3, 0.4) is 0 Å². The number of nitrogens with one attached hydrogen (secondary N) is 1. The molecule has 3 rings (SSSR count). The van der Waals surface area contributed by atoms with Crippen molar-refractivity contribution in [1.29, 1.82) is 5.26 Å². The van der Waals surface area contributed by atoms with Gasteiger partial charge in [0.25, 0.3) is 5.91 Å². The number of halogens is 1. The first kappa shape index (κ1) is 15.1. The summed E-state index contributed by atoms with van der Waals surface area (Å²) >= 11 is 4.86. The number of nitrogens with zero attached hydrogens (tertiary/aromatic N) is 1. The normalized spacial score (nSPS) is 12.5. The third-order valence-electron chi connectivity index (χ3n) is 3.45. The molecular formula is C16H13BrN2O2S. The molecule has 4 nitrogen and oxygen atoms in total. The Morgan fingerprint density at radius 1 is 1.45 bits per heavy atom. The highest BCUT2D eigenvalue weighted by Gasteiger charge is 2.23. The minimum absolute atomic E-state index is 0.0795. The molecule has 0 saturated heterocycles. The Kier molecular flexibility index (Phi) is 4.46. The largest absolute Gasteiger partial charge is 0.484 e. The highest BCUT2D eigenvalue weighted by Crippen LogP contribution is 2.38. The van der Waals surface area contributed by atoms with Crippen molar-refractivity contribution in [2.24, 2.45) is 0 Å². The van der Waals surface area contributed by atoms with Gasteiger partial charge in [0.2, 0.25) is 0 Å². The fourth-order valence-electron chi connectivity index (χ4n) is 2.48. The molecule has 0 bridgehead atoms. The van der Waals surface area contributed by atoms with Crippen molar-refractivity contribution in [2.75, 3.05) is 11.9 Å². The van der Waals surface area contributed by atoms with Gasteiger partial charge in [-0.3, -0.25) is 4.79 Å². The number of carbonyl (C=O) groups excluding carboxylic acids is 1. The summed E-state index contributed by atoms with van der Waals surface area (Å²) in [6.45, 7) is -0.0795. The number of nitriles is 1. The van der Waals surface area contributed by atoms with E-state index in [-0.39, 0.29) is 12.5 Å². The van der Waals surface area contributed by atoms with Gasteiger partial charge in [-0.2, -0.15) is 5.26 Å². The molecule has 1 heterocycles. The Balaban J connectivity index is 1.64. The molecule has 22 heavy (non-hydrogen) atoms. The van der Waals surface area contributed by atoms with Crippen molar-refractivity contribution in [2.45, 2.75) is 19.3 Å². The molecule has 0 unspecified atom stereocenters. The van der Waals surface area contributed by atoms with Crippen LogP contribution >= 0.6 is 27.3 Å². The fraction of sp³-hybridized carbons (Fsp3) is 0.250. The second-order valence-electron chi connectivity index (χ2n) is 4.97. The second-order valence-corrected chi connectivity index (χ2v) is 6.99. The molecule has 1 aromatic heterocycles. The molecule has 1 aliphatic carbocycles. The van der Waals surface area contributed by atoms with Crippen LogP contribution in [-0.4, -0.2) is 12.5 Å². The molecule has 0 saturated carbocycles. The quantitative estimate of drug-likeness (QED) is 0.880. The Bertz CT molecular complexity index is 764. The number of hydrogen-bond acceptors (Lipinski definition) is 4. The van der Waals surface area contributed by atoms with Gasteiger partial charge in [0.05, 0.1) is 5.56 Å². The molecule has 112 valence electrons. The van der Waals surface area contributed by atoms with E-state index in [1.165, 1.54) is 16.2 Å². The number of carbonyl (C=O) groups is 1. The van der Waals surface area contributed by atoms with Crippen LogP contribution in [-0.2, 0) is 17.6 Å². The number of benzene rings is 1. The third kappa shape index (κ3) is 3.16. The van der Waals surface area contributed by atoms with Gasteiger partial charge in [-0.15, -0.1) is 11.3 Å². The number of anilines is 1. The highest BCUT2D eigenvalue weighted by atomic mass is 79.9. The van der Waals surface area contributed by atoms with Crippen LogP contribution < -0.4 is 10.1 Å². The average molecular weight is 377 g/mol. The van der Waals surface area contributed by atoms with Crippen LogP contribution in [0.1, 0.15) is 22.4 Å². The molecule has 1 aromatic carbocycles. The van der Waals surface area contributed by atoms with Gasteiger partial charge < -0.3 is 10.1 Å². The predicted octanol–water partition coefficient (Wildman–Crippen LogP) is 3.89. The molecule has 0 atom stereocenters. The van der Waals surface area contributed by atoms with E-state index < -0.39 is 0 Å². The maximum Gasteiger partial charge on any atom is 0.262 e. The maximum absolute atomic E-state index is 12.0. The van der Waals surface area contributed by atoms with Crippen LogP contribution in [0.5, 0.6) is 5.75 Å². The number of rotatable bonds is 4. The van der Waals surface area contributed by atoms with Crippen LogP contribution in [0.2, 0.25) is 0 Å². The average Bonchev–Trinajstić information content (AvgIpc) is 3.05. The summed E-state index contributed by atoms with van der Waals surface area (Å²) in [5.41, 5.74) is 1.73. The summed E-state index contributed by atoms with van der Waals surface area (Å²) in [5, 5.41) is 12.7.